The fourth-order valence-electron chi connectivity index (χ4n) is 1.83. The number of rotatable bonds is 4. The molecular formula is C13H14N4O2. The molecule has 19 heavy (non-hydrogen) atoms. The highest BCUT2D eigenvalue weighted by molar-refractivity contribution is 5.62. The predicted molar refractivity (Wildman–Crippen MR) is 71.1 cm³/mol. The maximum absolute atomic E-state index is 5.45. The number of aromatic nitrogens is 2. The van der Waals surface area contributed by atoms with Gasteiger partial charge in [0.2, 0.25) is 6.79 Å². The van der Waals surface area contributed by atoms with Crippen LogP contribution in [0.4, 0.5) is 5.82 Å². The maximum Gasteiger partial charge on any atom is 0.231 e. The molecule has 6 nitrogen and oxygen atoms in total. The van der Waals surface area contributed by atoms with E-state index in [1.165, 1.54) is 0 Å². The Kier molecular flexibility index (Phi) is 3.16. The fraction of sp³-hybridized carbons (Fsp3) is 0.231. The molecule has 1 aliphatic heterocycles. The maximum atomic E-state index is 5.45. The largest absolute Gasteiger partial charge is 0.454 e. The number of hydrogen-bond acceptors (Lipinski definition) is 6. The van der Waals surface area contributed by atoms with Crippen molar-refractivity contribution in [3.8, 4) is 22.9 Å². The van der Waals surface area contributed by atoms with Crippen molar-refractivity contribution in [2.75, 3.05) is 25.2 Å². The molecule has 2 heterocycles. The van der Waals surface area contributed by atoms with E-state index in [1.807, 2.05) is 24.3 Å². The number of nitrogens with one attached hydrogen (secondary N) is 1. The molecule has 0 amide bonds. The van der Waals surface area contributed by atoms with E-state index in [1.54, 1.807) is 6.20 Å². The molecule has 0 fully saturated rings. The van der Waals surface area contributed by atoms with E-state index in [0.29, 0.717) is 18.9 Å². The van der Waals surface area contributed by atoms with E-state index in [2.05, 4.69) is 15.3 Å². The van der Waals surface area contributed by atoms with Crippen LogP contribution in [0.25, 0.3) is 11.4 Å². The van der Waals surface area contributed by atoms with E-state index in [0.717, 1.165) is 22.9 Å². The quantitative estimate of drug-likeness (QED) is 0.858. The van der Waals surface area contributed by atoms with Crippen LogP contribution in [0.5, 0.6) is 11.5 Å². The Hall–Kier alpha value is -2.34. The average molecular weight is 258 g/mol. The van der Waals surface area contributed by atoms with Crippen LogP contribution in [0, 0.1) is 0 Å². The lowest BCUT2D eigenvalue weighted by Gasteiger charge is -2.06. The number of nitrogens with zero attached hydrogens (tertiary/aromatic N) is 2. The van der Waals surface area contributed by atoms with Gasteiger partial charge < -0.3 is 20.5 Å². The third kappa shape index (κ3) is 2.43. The van der Waals surface area contributed by atoms with E-state index in [-0.39, 0.29) is 6.79 Å². The smallest absolute Gasteiger partial charge is 0.231 e. The highest BCUT2D eigenvalue weighted by Crippen LogP contribution is 2.35. The van der Waals surface area contributed by atoms with Gasteiger partial charge >= 0.3 is 0 Å². The van der Waals surface area contributed by atoms with Crippen LogP contribution in [0.15, 0.2) is 30.5 Å². The Morgan fingerprint density at radius 2 is 2.11 bits per heavy atom. The molecule has 0 atom stereocenters. The summed E-state index contributed by atoms with van der Waals surface area (Å²) in [5, 5.41) is 3.12. The van der Waals surface area contributed by atoms with Crippen molar-refractivity contribution in [2.45, 2.75) is 0 Å². The van der Waals surface area contributed by atoms with Gasteiger partial charge in [-0.3, -0.25) is 0 Å². The number of hydrogen-bond donors (Lipinski definition) is 2. The lowest BCUT2D eigenvalue weighted by Crippen LogP contribution is -2.14. The first-order chi connectivity index (χ1) is 9.36. The van der Waals surface area contributed by atoms with Crippen LogP contribution in [0.2, 0.25) is 0 Å². The van der Waals surface area contributed by atoms with Crippen LogP contribution >= 0.6 is 0 Å². The van der Waals surface area contributed by atoms with Gasteiger partial charge in [0.25, 0.3) is 0 Å². The Labute approximate surface area is 110 Å². The van der Waals surface area contributed by atoms with Crippen LogP contribution in [0.1, 0.15) is 0 Å². The highest BCUT2D eigenvalue weighted by atomic mass is 16.7. The Bertz CT molecular complexity index is 589. The number of benzene rings is 1. The molecule has 0 saturated heterocycles. The standard InChI is InChI=1S/C13H14N4O2/c14-4-6-15-12-3-5-16-13(17-12)9-1-2-10-11(7-9)19-8-18-10/h1-3,5,7H,4,6,8,14H2,(H,15,16,17). The van der Waals surface area contributed by atoms with Gasteiger partial charge in [0, 0.05) is 24.8 Å². The lowest BCUT2D eigenvalue weighted by molar-refractivity contribution is 0.174. The van der Waals surface area contributed by atoms with E-state index >= 15 is 0 Å². The van der Waals surface area contributed by atoms with Gasteiger partial charge in [-0.1, -0.05) is 0 Å². The second kappa shape index (κ2) is 5.11. The minimum atomic E-state index is 0.262. The summed E-state index contributed by atoms with van der Waals surface area (Å²) >= 11 is 0. The number of anilines is 1. The minimum Gasteiger partial charge on any atom is -0.454 e. The number of ether oxygens (including phenoxy) is 2. The molecule has 6 heteroatoms. The Morgan fingerprint density at radius 1 is 1.21 bits per heavy atom. The van der Waals surface area contributed by atoms with Gasteiger partial charge in [-0.25, -0.2) is 9.97 Å². The van der Waals surface area contributed by atoms with Crippen molar-refractivity contribution in [3.05, 3.63) is 30.5 Å². The summed E-state index contributed by atoms with van der Waals surface area (Å²) in [5.74, 6) is 2.87. The van der Waals surface area contributed by atoms with Crippen molar-refractivity contribution in [2.24, 2.45) is 5.73 Å². The molecule has 0 unspecified atom stereocenters. The summed E-state index contributed by atoms with van der Waals surface area (Å²) in [6, 6.07) is 7.47. The number of fused-ring (bicyclic) bond motifs is 1. The van der Waals surface area contributed by atoms with Gasteiger partial charge in [-0.05, 0) is 24.3 Å². The van der Waals surface area contributed by atoms with Gasteiger partial charge in [-0.2, -0.15) is 0 Å². The highest BCUT2D eigenvalue weighted by Gasteiger charge is 2.14. The lowest BCUT2D eigenvalue weighted by atomic mass is 10.2. The second-order valence-corrected chi connectivity index (χ2v) is 4.05. The molecule has 3 rings (SSSR count). The molecule has 2 aromatic rings. The summed E-state index contributed by atoms with van der Waals surface area (Å²) in [5.41, 5.74) is 6.34. The summed E-state index contributed by atoms with van der Waals surface area (Å²) < 4.78 is 10.6. The Morgan fingerprint density at radius 3 is 3.00 bits per heavy atom. The van der Waals surface area contributed by atoms with Crippen LogP contribution in [-0.4, -0.2) is 29.9 Å². The molecule has 0 saturated carbocycles. The topological polar surface area (TPSA) is 82.3 Å². The zero-order chi connectivity index (χ0) is 13.1. The predicted octanol–water partition coefficient (Wildman–Crippen LogP) is 1.24. The summed E-state index contributed by atoms with van der Waals surface area (Å²) in [6.45, 7) is 1.50. The average Bonchev–Trinajstić information content (AvgIpc) is 2.92. The molecule has 98 valence electrons. The van der Waals surface area contributed by atoms with Crippen molar-refractivity contribution >= 4 is 5.82 Å². The first kappa shape index (κ1) is 11.7. The van der Waals surface area contributed by atoms with E-state index in [9.17, 15) is 0 Å². The first-order valence-corrected chi connectivity index (χ1v) is 6.04. The fourth-order valence-corrected chi connectivity index (χ4v) is 1.83. The molecule has 1 aromatic carbocycles. The SMILES string of the molecule is NCCNc1ccnc(-c2ccc3c(c2)OCO3)n1. The first-order valence-electron chi connectivity index (χ1n) is 6.04. The monoisotopic (exact) mass is 258 g/mol. The normalized spacial score (nSPS) is 12.5. The molecule has 1 aliphatic rings. The minimum absolute atomic E-state index is 0.262. The molecule has 1 aromatic heterocycles. The molecule has 0 spiro atoms. The van der Waals surface area contributed by atoms with Crippen LogP contribution in [-0.2, 0) is 0 Å². The van der Waals surface area contributed by atoms with Crippen molar-refractivity contribution in [3.63, 3.8) is 0 Å². The van der Waals surface area contributed by atoms with E-state index < -0.39 is 0 Å². The summed E-state index contributed by atoms with van der Waals surface area (Å²) in [6.07, 6.45) is 1.71. The molecule has 0 aliphatic carbocycles. The zero-order valence-corrected chi connectivity index (χ0v) is 10.3. The van der Waals surface area contributed by atoms with Gasteiger partial charge in [0.05, 0.1) is 0 Å². The summed E-state index contributed by atoms with van der Waals surface area (Å²) in [4.78, 5) is 8.70. The third-order valence-corrected chi connectivity index (χ3v) is 2.74. The second-order valence-electron chi connectivity index (χ2n) is 4.05. The van der Waals surface area contributed by atoms with Crippen LogP contribution < -0.4 is 20.5 Å². The van der Waals surface area contributed by atoms with Crippen molar-refractivity contribution in [1.29, 1.82) is 0 Å². The van der Waals surface area contributed by atoms with Crippen molar-refractivity contribution < 1.29 is 9.47 Å². The number of nitrogens with two attached hydrogens (primary N) is 1. The third-order valence-electron chi connectivity index (χ3n) is 2.74. The molecule has 3 N–H and O–H groups in total. The van der Waals surface area contributed by atoms with E-state index in [4.69, 9.17) is 15.2 Å². The zero-order valence-electron chi connectivity index (χ0n) is 10.3. The Balaban J connectivity index is 1.89. The van der Waals surface area contributed by atoms with Gasteiger partial charge in [0.1, 0.15) is 5.82 Å². The molecule has 0 bridgehead atoms. The molecular weight excluding hydrogens is 244 g/mol. The van der Waals surface area contributed by atoms with Crippen molar-refractivity contribution in [1.82, 2.24) is 9.97 Å². The van der Waals surface area contributed by atoms with Gasteiger partial charge in [0.15, 0.2) is 17.3 Å². The van der Waals surface area contributed by atoms with Crippen LogP contribution in [0.3, 0.4) is 0 Å². The molecule has 0 radical (unpaired) electrons. The van der Waals surface area contributed by atoms with Gasteiger partial charge in [-0.15, -0.1) is 0 Å². The summed E-state index contributed by atoms with van der Waals surface area (Å²) in [7, 11) is 0.